The van der Waals surface area contributed by atoms with Gasteiger partial charge in [-0.1, -0.05) is 29.4 Å². The first-order valence-electron chi connectivity index (χ1n) is 12.0. The number of hydrogen-bond acceptors (Lipinski definition) is 4. The minimum Gasteiger partial charge on any atom is -0.485 e. The van der Waals surface area contributed by atoms with Crippen LogP contribution >= 0.6 is 0 Å². The van der Waals surface area contributed by atoms with E-state index in [1.54, 1.807) is 0 Å². The second-order valence-electron chi connectivity index (χ2n) is 9.27. The van der Waals surface area contributed by atoms with Crippen LogP contribution in [0, 0.1) is 6.92 Å². The third-order valence-corrected chi connectivity index (χ3v) is 5.78. The maximum absolute atomic E-state index is 11.5. The molecule has 0 saturated heterocycles. The van der Waals surface area contributed by atoms with Crippen molar-refractivity contribution in [1.29, 1.82) is 0 Å². The molecule has 0 aliphatic carbocycles. The number of carboxylic acids is 1. The van der Waals surface area contributed by atoms with Gasteiger partial charge < -0.3 is 14.6 Å². The van der Waals surface area contributed by atoms with E-state index in [4.69, 9.17) is 9.47 Å². The van der Waals surface area contributed by atoms with E-state index in [2.05, 4.69) is 32.1 Å². The molecule has 0 bridgehead atoms. The maximum Gasteiger partial charge on any atom is 0.331 e. The maximum atomic E-state index is 11.5. The molecule has 0 amide bonds. The summed E-state index contributed by atoms with van der Waals surface area (Å²) in [4.78, 5) is 22.7. The lowest BCUT2D eigenvalue weighted by molar-refractivity contribution is -0.133. The summed E-state index contributed by atoms with van der Waals surface area (Å²) in [5.74, 6) is 0.211. The highest BCUT2D eigenvalue weighted by Crippen LogP contribution is 2.37. The molecule has 1 atom stereocenters. The van der Waals surface area contributed by atoms with E-state index in [1.165, 1.54) is 18.1 Å². The summed E-state index contributed by atoms with van der Waals surface area (Å²) >= 11 is 0. The van der Waals surface area contributed by atoms with Gasteiger partial charge in [0.15, 0.2) is 0 Å². The molecule has 5 nitrogen and oxygen atoms in total. The van der Waals surface area contributed by atoms with Gasteiger partial charge in [-0.05, 0) is 102 Å². The zero-order valence-corrected chi connectivity index (χ0v) is 21.4. The number of ether oxygens (including phenoxy) is 2. The van der Waals surface area contributed by atoms with Crippen molar-refractivity contribution in [2.24, 2.45) is 0 Å². The normalized spacial score (nSPS) is 15.7. The molecule has 5 heteroatoms. The standard InChI is InChI=1S/C29H38O5/c1-19(2)10-7-13-24(29(31)32)14-8-11-20(3)12-9-15-27-21(4)16-25-18-26(33-23(6)30)17-22(5)28(25)34-27/h10,12,14,16-18,27H,7-9,11,13,15H2,1-6H3,(H,31,32)/b20-12+,24-14+. The first-order valence-corrected chi connectivity index (χ1v) is 12.0. The summed E-state index contributed by atoms with van der Waals surface area (Å²) in [5, 5.41) is 9.41. The summed E-state index contributed by atoms with van der Waals surface area (Å²) in [7, 11) is 0. The Morgan fingerprint density at radius 2 is 1.71 bits per heavy atom. The van der Waals surface area contributed by atoms with Gasteiger partial charge in [-0.15, -0.1) is 0 Å². The number of carboxylic acid groups (broad SMARTS) is 1. The zero-order chi connectivity index (χ0) is 25.3. The number of hydrogen-bond donors (Lipinski definition) is 1. The SMILES string of the molecule is CC(=O)Oc1cc(C)c2c(c1)C=C(C)C(CC/C=C(\C)CC/C=C(\CCC=C(C)C)C(=O)O)O2. The Hall–Kier alpha value is -3.08. The van der Waals surface area contributed by atoms with Crippen LogP contribution in [0.25, 0.3) is 6.08 Å². The number of carbonyl (C=O) groups excluding carboxylic acids is 1. The molecular formula is C29H38O5. The third kappa shape index (κ3) is 8.69. The minimum absolute atomic E-state index is 0.00316. The molecular weight excluding hydrogens is 428 g/mol. The van der Waals surface area contributed by atoms with Gasteiger partial charge in [0.2, 0.25) is 0 Å². The van der Waals surface area contributed by atoms with E-state index in [0.29, 0.717) is 17.7 Å². The van der Waals surface area contributed by atoms with Crippen molar-refractivity contribution in [3.63, 3.8) is 0 Å². The van der Waals surface area contributed by atoms with Gasteiger partial charge in [-0.25, -0.2) is 4.79 Å². The molecule has 1 aromatic rings. The van der Waals surface area contributed by atoms with Crippen molar-refractivity contribution < 1.29 is 24.2 Å². The van der Waals surface area contributed by atoms with Crippen molar-refractivity contribution in [2.45, 2.75) is 86.2 Å². The van der Waals surface area contributed by atoms with Crippen LogP contribution in [0.3, 0.4) is 0 Å². The summed E-state index contributed by atoms with van der Waals surface area (Å²) < 4.78 is 11.5. The molecule has 1 aliphatic heterocycles. The largest absolute Gasteiger partial charge is 0.485 e. The summed E-state index contributed by atoms with van der Waals surface area (Å²) in [6.07, 6.45) is 12.9. The van der Waals surface area contributed by atoms with Crippen molar-refractivity contribution in [3.8, 4) is 11.5 Å². The Morgan fingerprint density at radius 3 is 2.35 bits per heavy atom. The number of carbonyl (C=O) groups is 2. The molecule has 0 aromatic heterocycles. The predicted molar refractivity (Wildman–Crippen MR) is 137 cm³/mol. The lowest BCUT2D eigenvalue weighted by Gasteiger charge is -2.27. The quantitative estimate of drug-likeness (QED) is 0.160. The fourth-order valence-electron chi connectivity index (χ4n) is 3.99. The second-order valence-corrected chi connectivity index (χ2v) is 9.27. The van der Waals surface area contributed by atoms with Crippen LogP contribution in [0.1, 0.15) is 84.3 Å². The van der Waals surface area contributed by atoms with Gasteiger partial charge in [0.05, 0.1) is 0 Å². The molecule has 1 aliphatic rings. The van der Waals surface area contributed by atoms with Crippen LogP contribution in [0.15, 0.2) is 52.7 Å². The molecule has 2 rings (SSSR count). The summed E-state index contributed by atoms with van der Waals surface area (Å²) in [6.45, 7) is 11.6. The van der Waals surface area contributed by atoms with Crippen LogP contribution < -0.4 is 9.47 Å². The van der Waals surface area contributed by atoms with Crippen LogP contribution in [-0.4, -0.2) is 23.1 Å². The molecule has 0 saturated carbocycles. The number of allylic oxidation sites excluding steroid dienone is 5. The number of aliphatic carboxylic acids is 1. The number of benzene rings is 1. The molecule has 184 valence electrons. The van der Waals surface area contributed by atoms with Crippen molar-refractivity contribution in [2.75, 3.05) is 0 Å². The van der Waals surface area contributed by atoms with Gasteiger partial charge in [0.1, 0.15) is 17.6 Å². The molecule has 1 aromatic carbocycles. The first-order chi connectivity index (χ1) is 16.1. The Labute approximate surface area is 203 Å². The summed E-state index contributed by atoms with van der Waals surface area (Å²) in [5.41, 5.74) is 5.98. The van der Waals surface area contributed by atoms with E-state index in [0.717, 1.165) is 54.6 Å². The Morgan fingerprint density at radius 1 is 1.00 bits per heavy atom. The zero-order valence-electron chi connectivity index (χ0n) is 21.4. The first kappa shape index (κ1) is 27.2. The van der Waals surface area contributed by atoms with Crippen molar-refractivity contribution in [1.82, 2.24) is 0 Å². The highest BCUT2D eigenvalue weighted by atomic mass is 16.5. The van der Waals surface area contributed by atoms with Gasteiger partial charge in [0, 0.05) is 18.1 Å². The molecule has 0 spiro atoms. The Kier molecular flexibility index (Phi) is 10.4. The lowest BCUT2D eigenvalue weighted by Crippen LogP contribution is -2.22. The Balaban J connectivity index is 1.90. The third-order valence-electron chi connectivity index (χ3n) is 5.78. The van der Waals surface area contributed by atoms with Crippen LogP contribution in [-0.2, 0) is 9.59 Å². The molecule has 0 fully saturated rings. The number of esters is 1. The predicted octanol–water partition coefficient (Wildman–Crippen LogP) is 7.35. The van der Waals surface area contributed by atoms with Crippen molar-refractivity contribution >= 4 is 18.0 Å². The highest BCUT2D eigenvalue weighted by molar-refractivity contribution is 5.86. The van der Waals surface area contributed by atoms with Gasteiger partial charge in [0.25, 0.3) is 0 Å². The summed E-state index contributed by atoms with van der Waals surface area (Å²) in [6, 6.07) is 3.67. The van der Waals surface area contributed by atoms with Crippen LogP contribution in [0.2, 0.25) is 0 Å². The lowest BCUT2D eigenvalue weighted by atomic mass is 9.97. The van der Waals surface area contributed by atoms with Crippen LogP contribution in [0.4, 0.5) is 0 Å². The topological polar surface area (TPSA) is 72.8 Å². The van der Waals surface area contributed by atoms with Gasteiger partial charge in [-0.3, -0.25) is 4.79 Å². The fraction of sp³-hybridized carbons (Fsp3) is 0.448. The molecule has 0 radical (unpaired) electrons. The fourth-order valence-corrected chi connectivity index (χ4v) is 3.99. The number of fused-ring (bicyclic) bond motifs is 1. The second kappa shape index (κ2) is 13.0. The minimum atomic E-state index is -0.823. The van der Waals surface area contributed by atoms with Gasteiger partial charge >= 0.3 is 11.9 Å². The van der Waals surface area contributed by atoms with Gasteiger partial charge in [-0.2, -0.15) is 0 Å². The Bertz CT molecular complexity index is 1020. The average molecular weight is 467 g/mol. The van der Waals surface area contributed by atoms with Crippen molar-refractivity contribution in [3.05, 3.63) is 63.8 Å². The highest BCUT2D eigenvalue weighted by Gasteiger charge is 2.22. The smallest absolute Gasteiger partial charge is 0.331 e. The monoisotopic (exact) mass is 466 g/mol. The van der Waals surface area contributed by atoms with Crippen LogP contribution in [0.5, 0.6) is 11.5 Å². The van der Waals surface area contributed by atoms with E-state index in [-0.39, 0.29) is 12.1 Å². The van der Waals surface area contributed by atoms with E-state index >= 15 is 0 Å². The molecule has 34 heavy (non-hydrogen) atoms. The molecule has 1 heterocycles. The molecule has 1 unspecified atom stereocenters. The van der Waals surface area contributed by atoms with E-state index in [1.807, 2.05) is 39.0 Å². The average Bonchev–Trinajstić information content (AvgIpc) is 2.72. The number of rotatable bonds is 11. The van der Waals surface area contributed by atoms with E-state index < -0.39 is 5.97 Å². The number of aryl methyl sites for hydroxylation is 1. The van der Waals surface area contributed by atoms with E-state index in [9.17, 15) is 14.7 Å². The molecule has 1 N–H and O–H groups in total.